The largest absolute Gasteiger partial charge is 0.376 e. The highest BCUT2D eigenvalue weighted by Gasteiger charge is 2.06. The van der Waals surface area contributed by atoms with Crippen molar-refractivity contribution in [3.05, 3.63) is 69.2 Å². The Balaban J connectivity index is 1.83. The van der Waals surface area contributed by atoms with E-state index in [4.69, 9.17) is 11.6 Å². The Labute approximate surface area is 132 Å². The second-order valence-corrected chi connectivity index (χ2v) is 5.00. The van der Waals surface area contributed by atoms with Gasteiger partial charge in [-0.05, 0) is 23.8 Å². The second kappa shape index (κ2) is 7.42. The van der Waals surface area contributed by atoms with Crippen LogP contribution in [0.3, 0.4) is 0 Å². The number of benzene rings is 2. The van der Waals surface area contributed by atoms with Crippen LogP contribution in [0.5, 0.6) is 0 Å². The molecule has 0 atom stereocenters. The monoisotopic (exact) mass is 319 g/mol. The quantitative estimate of drug-likeness (QED) is 0.633. The van der Waals surface area contributed by atoms with Gasteiger partial charge >= 0.3 is 0 Å². The third-order valence-electron chi connectivity index (χ3n) is 2.89. The van der Waals surface area contributed by atoms with E-state index >= 15 is 0 Å². The number of nitro groups is 1. The summed E-state index contributed by atoms with van der Waals surface area (Å²) in [7, 11) is 0. The van der Waals surface area contributed by atoms with Crippen LogP contribution in [0.15, 0.2) is 48.5 Å². The van der Waals surface area contributed by atoms with Crippen LogP contribution in [-0.2, 0) is 11.3 Å². The van der Waals surface area contributed by atoms with Crippen LogP contribution in [0.25, 0.3) is 0 Å². The van der Waals surface area contributed by atoms with Crippen LogP contribution in [0.2, 0.25) is 5.02 Å². The van der Waals surface area contributed by atoms with E-state index in [2.05, 4.69) is 10.6 Å². The number of carbonyl (C=O) groups excluding carboxylic acids is 1. The molecule has 1 amide bonds. The van der Waals surface area contributed by atoms with Crippen molar-refractivity contribution in [2.75, 3.05) is 11.9 Å². The fraction of sp³-hybridized carbons (Fsp3) is 0.133. The van der Waals surface area contributed by atoms with E-state index in [0.717, 1.165) is 5.56 Å². The highest BCUT2D eigenvalue weighted by molar-refractivity contribution is 6.30. The Morgan fingerprint density at radius 2 is 1.95 bits per heavy atom. The van der Waals surface area contributed by atoms with Gasteiger partial charge < -0.3 is 10.6 Å². The number of rotatable bonds is 6. The highest BCUT2D eigenvalue weighted by Crippen LogP contribution is 2.16. The van der Waals surface area contributed by atoms with Gasteiger partial charge in [0.25, 0.3) is 5.69 Å². The topological polar surface area (TPSA) is 84.3 Å². The molecule has 114 valence electrons. The molecule has 6 nitrogen and oxygen atoms in total. The molecule has 2 aromatic carbocycles. The molecule has 2 rings (SSSR count). The van der Waals surface area contributed by atoms with Gasteiger partial charge in [0.05, 0.1) is 11.5 Å². The number of carbonyl (C=O) groups is 1. The lowest BCUT2D eigenvalue weighted by Gasteiger charge is -2.08. The molecule has 0 aliphatic heterocycles. The van der Waals surface area contributed by atoms with Crippen molar-refractivity contribution in [1.82, 2.24) is 5.32 Å². The molecule has 0 radical (unpaired) electrons. The third-order valence-corrected chi connectivity index (χ3v) is 3.12. The van der Waals surface area contributed by atoms with E-state index < -0.39 is 4.92 Å². The normalized spacial score (nSPS) is 10.0. The molecular weight excluding hydrogens is 306 g/mol. The minimum Gasteiger partial charge on any atom is -0.376 e. The second-order valence-electron chi connectivity index (χ2n) is 4.57. The first kappa shape index (κ1) is 15.8. The highest BCUT2D eigenvalue weighted by atomic mass is 35.5. The lowest BCUT2D eigenvalue weighted by molar-refractivity contribution is -0.384. The summed E-state index contributed by atoms with van der Waals surface area (Å²) < 4.78 is 0. The number of nitro benzene ring substituents is 1. The third kappa shape index (κ3) is 4.75. The summed E-state index contributed by atoms with van der Waals surface area (Å²) in [5.41, 5.74) is 1.40. The van der Waals surface area contributed by atoms with Crippen molar-refractivity contribution in [2.45, 2.75) is 6.54 Å². The molecule has 0 spiro atoms. The average molecular weight is 320 g/mol. The van der Waals surface area contributed by atoms with Crippen LogP contribution >= 0.6 is 11.6 Å². The van der Waals surface area contributed by atoms with Crippen molar-refractivity contribution in [2.24, 2.45) is 0 Å². The molecule has 0 fully saturated rings. The molecule has 0 unspecified atom stereocenters. The van der Waals surface area contributed by atoms with Crippen LogP contribution in [0.4, 0.5) is 11.4 Å². The van der Waals surface area contributed by atoms with Crippen molar-refractivity contribution in [1.29, 1.82) is 0 Å². The number of amides is 1. The van der Waals surface area contributed by atoms with Crippen molar-refractivity contribution < 1.29 is 9.72 Å². The Morgan fingerprint density at radius 3 is 2.68 bits per heavy atom. The van der Waals surface area contributed by atoms with Gasteiger partial charge in [-0.15, -0.1) is 0 Å². The average Bonchev–Trinajstić information content (AvgIpc) is 2.51. The number of hydrogen-bond donors (Lipinski definition) is 2. The van der Waals surface area contributed by atoms with Gasteiger partial charge in [-0.1, -0.05) is 29.8 Å². The number of hydrogen-bond acceptors (Lipinski definition) is 4. The fourth-order valence-corrected chi connectivity index (χ4v) is 2.03. The van der Waals surface area contributed by atoms with Gasteiger partial charge in [-0.25, -0.2) is 0 Å². The lowest BCUT2D eigenvalue weighted by atomic mass is 10.2. The lowest BCUT2D eigenvalue weighted by Crippen LogP contribution is -2.29. The molecule has 0 aromatic heterocycles. The fourth-order valence-electron chi connectivity index (χ4n) is 1.82. The number of non-ortho nitro benzene ring substituents is 1. The van der Waals surface area contributed by atoms with Gasteiger partial charge in [-0.3, -0.25) is 14.9 Å². The zero-order valence-corrected chi connectivity index (χ0v) is 12.3. The standard InChI is InChI=1S/C15H14ClN3O3/c16-12-4-1-3-11(7-12)9-18-15(20)10-17-13-5-2-6-14(8-13)19(21)22/h1-8,17H,9-10H2,(H,18,20). The maximum Gasteiger partial charge on any atom is 0.271 e. The molecular formula is C15H14ClN3O3. The van der Waals surface area contributed by atoms with Gasteiger partial charge in [-0.2, -0.15) is 0 Å². The molecule has 0 bridgehead atoms. The van der Waals surface area contributed by atoms with Crippen LogP contribution in [0.1, 0.15) is 5.56 Å². The van der Waals surface area contributed by atoms with Gasteiger partial charge in [0, 0.05) is 29.4 Å². The van der Waals surface area contributed by atoms with E-state index in [9.17, 15) is 14.9 Å². The first-order chi connectivity index (χ1) is 10.5. The van der Waals surface area contributed by atoms with Crippen molar-refractivity contribution in [3.8, 4) is 0 Å². The van der Waals surface area contributed by atoms with E-state index in [0.29, 0.717) is 17.3 Å². The van der Waals surface area contributed by atoms with Crippen molar-refractivity contribution >= 4 is 28.9 Å². The van der Waals surface area contributed by atoms with Gasteiger partial charge in [0.2, 0.25) is 5.91 Å². The van der Waals surface area contributed by atoms with Crippen LogP contribution in [0, 0.1) is 10.1 Å². The molecule has 0 heterocycles. The summed E-state index contributed by atoms with van der Waals surface area (Å²) in [5, 5.41) is 16.9. The zero-order valence-electron chi connectivity index (χ0n) is 11.6. The smallest absolute Gasteiger partial charge is 0.271 e. The number of nitrogens with zero attached hydrogens (tertiary/aromatic N) is 1. The van der Waals surface area contributed by atoms with Crippen LogP contribution < -0.4 is 10.6 Å². The van der Waals surface area contributed by atoms with Crippen molar-refractivity contribution in [3.63, 3.8) is 0 Å². The summed E-state index contributed by atoms with van der Waals surface area (Å²) in [4.78, 5) is 21.9. The van der Waals surface area contributed by atoms with E-state index in [-0.39, 0.29) is 18.1 Å². The minimum absolute atomic E-state index is 0.0238. The van der Waals surface area contributed by atoms with Gasteiger partial charge in [0.15, 0.2) is 0 Å². The SMILES string of the molecule is O=C(CNc1cccc([N+](=O)[O-])c1)NCc1cccc(Cl)c1. The maximum absolute atomic E-state index is 11.8. The summed E-state index contributed by atoms with van der Waals surface area (Å²) in [6.07, 6.45) is 0. The predicted molar refractivity (Wildman–Crippen MR) is 84.9 cm³/mol. The summed E-state index contributed by atoms with van der Waals surface area (Å²) >= 11 is 5.86. The molecule has 0 aliphatic carbocycles. The Hall–Kier alpha value is -2.60. The zero-order chi connectivity index (χ0) is 15.9. The molecule has 2 aromatic rings. The Bertz CT molecular complexity index is 691. The van der Waals surface area contributed by atoms with E-state index in [1.165, 1.54) is 12.1 Å². The molecule has 0 saturated heterocycles. The first-order valence-electron chi connectivity index (χ1n) is 6.54. The summed E-state index contributed by atoms with van der Waals surface area (Å²) in [6, 6.07) is 13.2. The summed E-state index contributed by atoms with van der Waals surface area (Å²) in [5.74, 6) is -0.216. The first-order valence-corrected chi connectivity index (χ1v) is 6.92. The van der Waals surface area contributed by atoms with Gasteiger partial charge in [0.1, 0.15) is 0 Å². The Morgan fingerprint density at radius 1 is 1.18 bits per heavy atom. The minimum atomic E-state index is -0.482. The Kier molecular flexibility index (Phi) is 5.32. The molecule has 0 aliphatic rings. The number of nitrogens with one attached hydrogen (secondary N) is 2. The molecule has 0 saturated carbocycles. The van der Waals surface area contributed by atoms with E-state index in [1.807, 2.05) is 12.1 Å². The molecule has 7 heteroatoms. The van der Waals surface area contributed by atoms with Crippen LogP contribution in [-0.4, -0.2) is 17.4 Å². The van der Waals surface area contributed by atoms with E-state index in [1.54, 1.807) is 24.3 Å². The predicted octanol–water partition coefficient (Wildman–Crippen LogP) is 2.98. The number of halogens is 1. The summed E-state index contributed by atoms with van der Waals surface area (Å²) in [6.45, 7) is 0.401. The maximum atomic E-state index is 11.8. The molecule has 22 heavy (non-hydrogen) atoms. The number of anilines is 1. The molecule has 2 N–H and O–H groups in total.